The zero-order valence-corrected chi connectivity index (χ0v) is 12.9. The van der Waals surface area contributed by atoms with Crippen LogP contribution in [-0.4, -0.2) is 55.2 Å². The van der Waals surface area contributed by atoms with Gasteiger partial charge < -0.3 is 19.5 Å². The molecule has 2 saturated heterocycles. The first-order valence-corrected chi connectivity index (χ1v) is 7.55. The molecule has 1 N–H and O–H groups in total. The summed E-state index contributed by atoms with van der Waals surface area (Å²) in [5, 5.41) is 6.73. The number of nitrogens with one attached hydrogen (secondary N) is 1. The SMILES string of the molecule is COC[C@@H]1C(=O)NCC12CCN(C(=O)c1cc(C)on1)CC2. The Balaban J connectivity index is 1.67. The highest BCUT2D eigenvalue weighted by Gasteiger charge is 2.50. The summed E-state index contributed by atoms with van der Waals surface area (Å²) >= 11 is 0. The molecular weight excluding hydrogens is 286 g/mol. The van der Waals surface area contributed by atoms with Crippen molar-refractivity contribution in [2.75, 3.05) is 33.4 Å². The van der Waals surface area contributed by atoms with Crippen molar-refractivity contribution in [2.24, 2.45) is 11.3 Å². The average Bonchev–Trinajstić information content (AvgIpc) is 3.07. The van der Waals surface area contributed by atoms with Gasteiger partial charge in [-0.05, 0) is 19.8 Å². The van der Waals surface area contributed by atoms with Crippen molar-refractivity contribution in [1.29, 1.82) is 0 Å². The fraction of sp³-hybridized carbons (Fsp3) is 0.667. The molecule has 120 valence electrons. The zero-order valence-electron chi connectivity index (χ0n) is 12.9. The van der Waals surface area contributed by atoms with E-state index in [1.54, 1.807) is 25.0 Å². The monoisotopic (exact) mass is 307 g/mol. The quantitative estimate of drug-likeness (QED) is 0.884. The van der Waals surface area contributed by atoms with E-state index in [1.807, 2.05) is 0 Å². The summed E-state index contributed by atoms with van der Waals surface area (Å²) in [5.41, 5.74) is 0.256. The topological polar surface area (TPSA) is 84.7 Å². The fourth-order valence-corrected chi connectivity index (χ4v) is 3.52. The number of methoxy groups -OCH3 is 1. The minimum Gasteiger partial charge on any atom is -0.384 e. The lowest BCUT2D eigenvalue weighted by atomic mass is 9.71. The van der Waals surface area contributed by atoms with Crippen LogP contribution in [0.1, 0.15) is 29.1 Å². The molecule has 0 aliphatic carbocycles. The molecule has 7 heteroatoms. The molecule has 0 unspecified atom stereocenters. The van der Waals surface area contributed by atoms with E-state index in [9.17, 15) is 9.59 Å². The Kier molecular flexibility index (Phi) is 3.90. The third-order valence-electron chi connectivity index (χ3n) is 4.90. The van der Waals surface area contributed by atoms with Gasteiger partial charge in [-0.25, -0.2) is 0 Å². The Morgan fingerprint density at radius 3 is 2.86 bits per heavy atom. The van der Waals surface area contributed by atoms with E-state index in [-0.39, 0.29) is 23.1 Å². The van der Waals surface area contributed by atoms with Gasteiger partial charge in [-0.2, -0.15) is 0 Å². The van der Waals surface area contributed by atoms with Crippen molar-refractivity contribution >= 4 is 11.8 Å². The molecule has 0 saturated carbocycles. The molecule has 0 aromatic carbocycles. The highest BCUT2D eigenvalue weighted by molar-refractivity contribution is 5.92. The fourth-order valence-electron chi connectivity index (χ4n) is 3.52. The zero-order chi connectivity index (χ0) is 15.7. The molecule has 0 bridgehead atoms. The highest BCUT2D eigenvalue weighted by Crippen LogP contribution is 2.42. The smallest absolute Gasteiger partial charge is 0.276 e. The van der Waals surface area contributed by atoms with E-state index in [0.29, 0.717) is 37.7 Å². The molecule has 2 amide bonds. The minimum atomic E-state index is -0.121. The summed E-state index contributed by atoms with van der Waals surface area (Å²) in [5.74, 6) is 0.465. The van der Waals surface area contributed by atoms with E-state index in [2.05, 4.69) is 10.5 Å². The van der Waals surface area contributed by atoms with Gasteiger partial charge >= 0.3 is 0 Å². The highest BCUT2D eigenvalue weighted by atomic mass is 16.5. The van der Waals surface area contributed by atoms with Gasteiger partial charge in [0.05, 0.1) is 12.5 Å². The van der Waals surface area contributed by atoms with Gasteiger partial charge in [0.1, 0.15) is 5.76 Å². The van der Waals surface area contributed by atoms with Crippen molar-refractivity contribution in [3.8, 4) is 0 Å². The Morgan fingerprint density at radius 1 is 1.55 bits per heavy atom. The molecular formula is C15H21N3O4. The second kappa shape index (κ2) is 5.72. The summed E-state index contributed by atoms with van der Waals surface area (Å²) in [6.07, 6.45) is 1.59. The van der Waals surface area contributed by atoms with Crippen LogP contribution >= 0.6 is 0 Å². The molecule has 2 aliphatic heterocycles. The second-order valence-corrected chi connectivity index (χ2v) is 6.20. The van der Waals surface area contributed by atoms with E-state index < -0.39 is 0 Å². The van der Waals surface area contributed by atoms with E-state index in [4.69, 9.17) is 9.26 Å². The third kappa shape index (κ3) is 2.49. The molecule has 3 heterocycles. The van der Waals surface area contributed by atoms with Crippen molar-refractivity contribution < 1.29 is 18.8 Å². The lowest BCUT2D eigenvalue weighted by Crippen LogP contribution is -2.47. The van der Waals surface area contributed by atoms with Crippen molar-refractivity contribution in [3.63, 3.8) is 0 Å². The van der Waals surface area contributed by atoms with Crippen LogP contribution in [0, 0.1) is 18.3 Å². The number of nitrogens with zero attached hydrogens (tertiary/aromatic N) is 2. The van der Waals surface area contributed by atoms with Crippen LogP contribution in [0.15, 0.2) is 10.6 Å². The van der Waals surface area contributed by atoms with Crippen molar-refractivity contribution in [3.05, 3.63) is 17.5 Å². The molecule has 0 radical (unpaired) electrons. The van der Waals surface area contributed by atoms with Crippen LogP contribution in [0.3, 0.4) is 0 Å². The molecule has 1 aromatic rings. The maximum atomic E-state index is 12.4. The Labute approximate surface area is 129 Å². The van der Waals surface area contributed by atoms with Gasteiger partial charge in [0, 0.05) is 38.2 Å². The first-order chi connectivity index (χ1) is 10.6. The van der Waals surface area contributed by atoms with Crippen LogP contribution in [0.5, 0.6) is 0 Å². The van der Waals surface area contributed by atoms with Gasteiger partial charge in [0.2, 0.25) is 5.91 Å². The van der Waals surface area contributed by atoms with Gasteiger partial charge in [-0.15, -0.1) is 0 Å². The number of hydrogen-bond donors (Lipinski definition) is 1. The summed E-state index contributed by atoms with van der Waals surface area (Å²) in [6.45, 7) is 4.12. The summed E-state index contributed by atoms with van der Waals surface area (Å²) in [4.78, 5) is 26.2. The molecule has 7 nitrogen and oxygen atoms in total. The second-order valence-electron chi connectivity index (χ2n) is 6.20. The van der Waals surface area contributed by atoms with E-state index >= 15 is 0 Å². The molecule has 3 rings (SSSR count). The molecule has 1 aromatic heterocycles. The minimum absolute atomic E-state index is 0.0637. The predicted molar refractivity (Wildman–Crippen MR) is 77.2 cm³/mol. The summed E-state index contributed by atoms with van der Waals surface area (Å²) < 4.78 is 10.2. The number of aryl methyl sites for hydroxylation is 1. The first kappa shape index (κ1) is 15.0. The van der Waals surface area contributed by atoms with E-state index in [1.165, 1.54) is 0 Å². The van der Waals surface area contributed by atoms with Gasteiger partial charge in [0.15, 0.2) is 5.69 Å². The van der Waals surface area contributed by atoms with Crippen molar-refractivity contribution in [1.82, 2.24) is 15.4 Å². The lowest BCUT2D eigenvalue weighted by Gasteiger charge is -2.41. The number of piperidine rings is 1. The maximum absolute atomic E-state index is 12.4. The summed E-state index contributed by atoms with van der Waals surface area (Å²) in [6, 6.07) is 1.65. The molecule has 22 heavy (non-hydrogen) atoms. The Bertz CT molecular complexity index is 575. The number of amides is 2. The van der Waals surface area contributed by atoms with Crippen LogP contribution < -0.4 is 5.32 Å². The largest absolute Gasteiger partial charge is 0.384 e. The normalized spacial score (nSPS) is 23.8. The summed E-state index contributed by atoms with van der Waals surface area (Å²) in [7, 11) is 1.62. The Hall–Kier alpha value is -1.89. The average molecular weight is 307 g/mol. The van der Waals surface area contributed by atoms with Crippen LogP contribution in [0.4, 0.5) is 0 Å². The maximum Gasteiger partial charge on any atom is 0.276 e. The van der Waals surface area contributed by atoms with E-state index in [0.717, 1.165) is 12.8 Å². The number of hydrogen-bond acceptors (Lipinski definition) is 5. The number of aromatic nitrogens is 1. The number of ether oxygens (including phenoxy) is 1. The van der Waals surface area contributed by atoms with Gasteiger partial charge in [-0.1, -0.05) is 5.16 Å². The van der Waals surface area contributed by atoms with Gasteiger partial charge in [-0.3, -0.25) is 9.59 Å². The Morgan fingerprint density at radius 2 is 2.27 bits per heavy atom. The van der Waals surface area contributed by atoms with Crippen molar-refractivity contribution in [2.45, 2.75) is 19.8 Å². The third-order valence-corrected chi connectivity index (χ3v) is 4.90. The number of carbonyl (C=O) groups excluding carboxylic acids is 2. The van der Waals surface area contributed by atoms with Gasteiger partial charge in [0.25, 0.3) is 5.91 Å². The number of carbonyl (C=O) groups is 2. The standard InChI is InChI=1S/C15H21N3O4/c1-10-7-12(17-22-10)14(20)18-5-3-15(4-6-18)9-16-13(19)11(15)8-21-2/h7,11H,3-6,8-9H2,1-2H3,(H,16,19)/t11-/m1/s1. The van der Waals surface area contributed by atoms with Crippen LogP contribution in [-0.2, 0) is 9.53 Å². The van der Waals surface area contributed by atoms with Crippen LogP contribution in [0.2, 0.25) is 0 Å². The van der Waals surface area contributed by atoms with Crippen LogP contribution in [0.25, 0.3) is 0 Å². The molecule has 1 spiro atoms. The lowest BCUT2D eigenvalue weighted by molar-refractivity contribution is -0.126. The molecule has 2 aliphatic rings. The molecule has 1 atom stereocenters. The number of rotatable bonds is 3. The number of likely N-dealkylation sites (tertiary alicyclic amines) is 1. The first-order valence-electron chi connectivity index (χ1n) is 7.55. The molecule has 2 fully saturated rings. The predicted octanol–water partition coefficient (Wildman–Crippen LogP) is 0.598.